The highest BCUT2D eigenvalue weighted by Gasteiger charge is 2.47. The molecule has 1 saturated carbocycles. The molecule has 1 aliphatic heterocycles. The Morgan fingerprint density at radius 2 is 2.00 bits per heavy atom. The van der Waals surface area contributed by atoms with Gasteiger partial charge >= 0.3 is 7.60 Å². The fraction of sp³-hybridized carbons (Fsp3) is 0.625. The predicted octanol–water partition coefficient (Wildman–Crippen LogP) is 1.20. The Morgan fingerprint density at radius 3 is 2.62 bits per heavy atom. The number of aromatic nitrogens is 3. The molecule has 1 saturated heterocycles. The number of nitrogens with one attached hydrogen (secondary N) is 1. The number of hydrogen-bond acceptors (Lipinski definition) is 8. The van der Waals surface area contributed by atoms with E-state index in [1.807, 2.05) is 0 Å². The minimum Gasteiger partial charge on any atom is -0.387 e. The fourth-order valence-corrected chi connectivity index (χ4v) is 4.22. The van der Waals surface area contributed by atoms with Crippen LogP contribution in [0.2, 0.25) is 5.28 Å². The largest absolute Gasteiger partial charge is 0.387 e. The van der Waals surface area contributed by atoms with Gasteiger partial charge in [0.1, 0.15) is 30.5 Å². The molecule has 0 aromatic carbocycles. The van der Waals surface area contributed by atoms with E-state index in [4.69, 9.17) is 30.9 Å². The van der Waals surface area contributed by atoms with E-state index >= 15 is 0 Å². The Labute approximate surface area is 183 Å². The molecule has 4 atom stereocenters. The van der Waals surface area contributed by atoms with Crippen LogP contribution in [0.5, 0.6) is 0 Å². The predicted molar refractivity (Wildman–Crippen MR) is 103 cm³/mol. The summed E-state index contributed by atoms with van der Waals surface area (Å²) >= 11 is 5.92. The van der Waals surface area contributed by atoms with Gasteiger partial charge in [-0.3, -0.25) is 4.57 Å². The summed E-state index contributed by atoms with van der Waals surface area (Å²) in [6.45, 7) is -0.458. The van der Waals surface area contributed by atoms with Crippen molar-refractivity contribution in [1.29, 1.82) is 0 Å². The molecule has 5 N–H and O–H groups in total. The molecule has 2 fully saturated rings. The topological polar surface area (TPSA) is 159 Å². The van der Waals surface area contributed by atoms with Crippen molar-refractivity contribution in [2.24, 2.45) is 0 Å². The van der Waals surface area contributed by atoms with Crippen LogP contribution in [0.3, 0.4) is 0 Å². The second-order valence-corrected chi connectivity index (χ2v) is 9.67. The molecule has 2 aliphatic rings. The van der Waals surface area contributed by atoms with Crippen LogP contribution in [0.1, 0.15) is 19.1 Å². The van der Waals surface area contributed by atoms with Crippen LogP contribution in [0.4, 0.5) is 19.0 Å². The van der Waals surface area contributed by atoms with Gasteiger partial charge in [-0.1, -0.05) is 0 Å². The van der Waals surface area contributed by atoms with Gasteiger partial charge in [0.25, 0.3) is 5.92 Å². The van der Waals surface area contributed by atoms with Gasteiger partial charge in [0.2, 0.25) is 5.28 Å². The second-order valence-electron chi connectivity index (χ2n) is 7.74. The minimum atomic E-state index is -4.45. The highest BCUT2D eigenvalue weighted by molar-refractivity contribution is 7.51. The Bertz CT molecular complexity index is 1060. The molecule has 1 unspecified atom stereocenters. The highest BCUT2D eigenvalue weighted by atomic mass is 35.5. The third-order valence-electron chi connectivity index (χ3n) is 5.18. The van der Waals surface area contributed by atoms with Gasteiger partial charge < -0.3 is 39.4 Å². The fourth-order valence-electron chi connectivity index (χ4n) is 3.72. The molecular weight excluding hydrogens is 484 g/mol. The van der Waals surface area contributed by atoms with Crippen molar-refractivity contribution in [3.8, 4) is 0 Å². The molecule has 1 aliphatic carbocycles. The summed E-state index contributed by atoms with van der Waals surface area (Å²) in [6, 6.07) is -0.646. The molecule has 178 valence electrons. The maximum Gasteiger partial charge on any atom is 0.350 e. The zero-order chi connectivity index (χ0) is 23.4. The lowest BCUT2D eigenvalue weighted by Gasteiger charge is -2.35. The van der Waals surface area contributed by atoms with E-state index in [2.05, 4.69) is 15.3 Å². The number of anilines is 1. The SMILES string of the molecule is O=P(O)(O)COCC1O[C@@H](n2cc(F)c3c(NC4CC(F)(F)C4)nc(Cl)nc32)[C@H](O)[C@@H]1O. The lowest BCUT2D eigenvalue weighted by Crippen LogP contribution is -2.44. The molecule has 4 rings (SSSR count). The Hall–Kier alpha value is -1.51. The summed E-state index contributed by atoms with van der Waals surface area (Å²) in [6.07, 6.45) is -6.54. The normalized spacial score (nSPS) is 28.2. The summed E-state index contributed by atoms with van der Waals surface area (Å²) in [7, 11) is -4.45. The first-order valence-electron chi connectivity index (χ1n) is 9.36. The summed E-state index contributed by atoms with van der Waals surface area (Å²) in [5.41, 5.74) is -0.121. The van der Waals surface area contributed by atoms with Crippen LogP contribution in [0.25, 0.3) is 11.0 Å². The van der Waals surface area contributed by atoms with Gasteiger partial charge in [-0.25, -0.2) is 13.2 Å². The van der Waals surface area contributed by atoms with E-state index in [1.165, 1.54) is 0 Å². The van der Waals surface area contributed by atoms with Crippen molar-refractivity contribution in [1.82, 2.24) is 14.5 Å². The third kappa shape index (κ3) is 4.73. The average Bonchev–Trinajstić information content (AvgIpc) is 3.10. The van der Waals surface area contributed by atoms with Gasteiger partial charge in [0.05, 0.1) is 12.0 Å². The van der Waals surface area contributed by atoms with Crippen molar-refractivity contribution in [3.63, 3.8) is 0 Å². The van der Waals surface area contributed by atoms with Gasteiger partial charge in [0.15, 0.2) is 17.7 Å². The zero-order valence-electron chi connectivity index (χ0n) is 16.1. The van der Waals surface area contributed by atoms with Gasteiger partial charge in [-0.15, -0.1) is 0 Å². The first-order chi connectivity index (χ1) is 14.8. The van der Waals surface area contributed by atoms with Crippen LogP contribution in [0.15, 0.2) is 6.20 Å². The first-order valence-corrected chi connectivity index (χ1v) is 11.5. The number of alkyl halides is 2. The molecule has 11 nitrogen and oxygen atoms in total. The number of aliphatic hydroxyl groups excluding tert-OH is 2. The average molecular weight is 503 g/mol. The first kappa shape index (κ1) is 23.6. The zero-order valence-corrected chi connectivity index (χ0v) is 17.8. The van der Waals surface area contributed by atoms with Crippen LogP contribution >= 0.6 is 19.2 Å². The van der Waals surface area contributed by atoms with E-state index in [1.54, 1.807) is 0 Å². The molecule has 0 amide bonds. The molecule has 2 aromatic heterocycles. The monoisotopic (exact) mass is 502 g/mol. The Balaban J connectivity index is 1.58. The van der Waals surface area contributed by atoms with Crippen LogP contribution in [-0.4, -0.2) is 77.8 Å². The van der Waals surface area contributed by atoms with Crippen molar-refractivity contribution in [2.75, 3.05) is 18.3 Å². The second kappa shape index (κ2) is 8.37. The van der Waals surface area contributed by atoms with Gasteiger partial charge in [-0.05, 0) is 11.6 Å². The van der Waals surface area contributed by atoms with Crippen molar-refractivity contribution in [2.45, 2.75) is 49.3 Å². The van der Waals surface area contributed by atoms with Crippen LogP contribution in [-0.2, 0) is 14.0 Å². The summed E-state index contributed by atoms with van der Waals surface area (Å²) in [5, 5.41) is 22.8. The van der Waals surface area contributed by atoms with E-state index in [9.17, 15) is 27.9 Å². The van der Waals surface area contributed by atoms with E-state index in [0.717, 1.165) is 10.8 Å². The van der Waals surface area contributed by atoms with Gasteiger partial charge in [0, 0.05) is 25.1 Å². The molecular formula is C16H19ClF3N4O7P. The maximum absolute atomic E-state index is 14.8. The smallest absolute Gasteiger partial charge is 0.350 e. The van der Waals surface area contributed by atoms with Crippen molar-refractivity contribution in [3.05, 3.63) is 17.3 Å². The van der Waals surface area contributed by atoms with E-state index in [-0.39, 0.29) is 22.1 Å². The number of rotatable bonds is 7. The lowest BCUT2D eigenvalue weighted by molar-refractivity contribution is -0.0793. The molecule has 16 heteroatoms. The van der Waals surface area contributed by atoms with E-state index in [0.29, 0.717) is 0 Å². The molecule has 2 aromatic rings. The van der Waals surface area contributed by atoms with Crippen LogP contribution < -0.4 is 5.32 Å². The molecule has 0 spiro atoms. The van der Waals surface area contributed by atoms with E-state index < -0.39 is 75.7 Å². The van der Waals surface area contributed by atoms with Gasteiger partial charge in [-0.2, -0.15) is 9.97 Å². The quantitative estimate of drug-likeness (QED) is 0.275. The number of hydrogen-bond donors (Lipinski definition) is 5. The highest BCUT2D eigenvalue weighted by Crippen LogP contribution is 2.41. The number of halogens is 4. The molecule has 3 heterocycles. The number of ether oxygens (including phenoxy) is 2. The number of aliphatic hydroxyl groups is 2. The maximum atomic E-state index is 14.8. The third-order valence-corrected chi connectivity index (χ3v) is 5.87. The Kier molecular flexibility index (Phi) is 6.18. The van der Waals surface area contributed by atoms with Crippen molar-refractivity contribution < 1.29 is 47.2 Å². The van der Waals surface area contributed by atoms with Crippen molar-refractivity contribution >= 4 is 36.0 Å². The molecule has 0 radical (unpaired) electrons. The molecule has 0 bridgehead atoms. The van der Waals surface area contributed by atoms with Crippen LogP contribution in [0, 0.1) is 5.82 Å². The standard InChI is InChI=1S/C16H19ClF3N4O7P/c17-15-22-12(21-6-1-16(19,20)2-6)9-7(18)3-24(13(9)23-15)14-11(26)10(25)8(31-14)4-30-5-32(27,28)29/h3,6,8,10-11,14,25-26H,1-2,4-5H2,(H,21,22,23)(H2,27,28,29)/t8?,10-,11-,14-/m1/s1. The molecule has 32 heavy (non-hydrogen) atoms. The Morgan fingerprint density at radius 1 is 1.31 bits per heavy atom. The lowest BCUT2D eigenvalue weighted by atomic mass is 9.88. The summed E-state index contributed by atoms with van der Waals surface area (Å²) in [4.78, 5) is 25.5. The minimum absolute atomic E-state index is 0.105. The number of nitrogens with zero attached hydrogens (tertiary/aromatic N) is 3. The summed E-state index contributed by atoms with van der Waals surface area (Å²) in [5.74, 6) is -3.77. The summed E-state index contributed by atoms with van der Waals surface area (Å²) < 4.78 is 63.4. The number of fused-ring (bicyclic) bond motifs is 1.